The summed E-state index contributed by atoms with van der Waals surface area (Å²) in [5, 5.41) is 1.08. The van der Waals surface area contributed by atoms with Gasteiger partial charge in [0.25, 0.3) is 0 Å². The molecule has 0 bridgehead atoms. The van der Waals surface area contributed by atoms with Crippen molar-refractivity contribution in [3.05, 3.63) is 28.0 Å². The van der Waals surface area contributed by atoms with Crippen LogP contribution in [0.5, 0.6) is 0 Å². The molecule has 0 spiro atoms. The molecule has 1 atom stereocenters. The molecule has 0 amide bonds. The predicted octanol–water partition coefficient (Wildman–Crippen LogP) is 2.32. The molecule has 1 fully saturated rings. The van der Waals surface area contributed by atoms with Crippen molar-refractivity contribution in [2.24, 2.45) is 11.8 Å². The van der Waals surface area contributed by atoms with Crippen LogP contribution in [-0.2, 0) is 4.74 Å². The second kappa shape index (κ2) is 5.98. The molecule has 4 nitrogen and oxygen atoms in total. The molecule has 17 heavy (non-hydrogen) atoms. The Bertz CT molecular complexity index is 383. The van der Waals surface area contributed by atoms with Crippen molar-refractivity contribution in [1.29, 1.82) is 0 Å². The van der Waals surface area contributed by atoms with Crippen LogP contribution in [0.1, 0.15) is 24.6 Å². The molecule has 1 aliphatic heterocycles. The maximum atomic E-state index is 6.15. The summed E-state index contributed by atoms with van der Waals surface area (Å²) in [4.78, 5) is 4.28. The molecule has 0 aliphatic carbocycles. The maximum absolute atomic E-state index is 6.15. The predicted molar refractivity (Wildman–Crippen MR) is 67.9 cm³/mol. The number of hydrogen-bond donors (Lipinski definition) is 2. The van der Waals surface area contributed by atoms with Crippen LogP contribution in [0.25, 0.3) is 0 Å². The van der Waals surface area contributed by atoms with E-state index < -0.39 is 0 Å². The average Bonchev–Trinajstić information content (AvgIpc) is 2.34. The molecule has 3 N–H and O–H groups in total. The van der Waals surface area contributed by atoms with E-state index in [1.54, 1.807) is 12.3 Å². The summed E-state index contributed by atoms with van der Waals surface area (Å²) in [6.45, 7) is 1.52. The third-order valence-electron chi connectivity index (χ3n) is 3.05. The summed E-state index contributed by atoms with van der Waals surface area (Å²) in [5.74, 6) is 6.01. The Morgan fingerprint density at radius 2 is 2.12 bits per heavy atom. The zero-order chi connectivity index (χ0) is 12.3. The van der Waals surface area contributed by atoms with Crippen molar-refractivity contribution in [2.45, 2.75) is 18.9 Å². The summed E-state index contributed by atoms with van der Waals surface area (Å²) in [5.41, 5.74) is 3.56. The normalized spacial score (nSPS) is 19.2. The Labute approximate surface area is 110 Å². The zero-order valence-electron chi connectivity index (χ0n) is 9.33. The Kier molecular flexibility index (Phi) is 4.59. The monoisotopic (exact) mass is 275 g/mol. The van der Waals surface area contributed by atoms with Gasteiger partial charge in [0.1, 0.15) is 0 Å². The van der Waals surface area contributed by atoms with E-state index in [9.17, 15) is 0 Å². The smallest absolute Gasteiger partial charge is 0.0776 e. The van der Waals surface area contributed by atoms with Gasteiger partial charge in [0.2, 0.25) is 0 Å². The van der Waals surface area contributed by atoms with Crippen LogP contribution in [0.2, 0.25) is 10.0 Å². The van der Waals surface area contributed by atoms with Crippen LogP contribution in [0.15, 0.2) is 12.3 Å². The number of nitrogens with one attached hydrogen (secondary N) is 1. The highest BCUT2D eigenvalue weighted by molar-refractivity contribution is 6.34. The number of aromatic nitrogens is 1. The minimum Gasteiger partial charge on any atom is -0.381 e. The fourth-order valence-electron chi connectivity index (χ4n) is 2.14. The first-order valence-electron chi connectivity index (χ1n) is 5.57. The van der Waals surface area contributed by atoms with Crippen LogP contribution < -0.4 is 11.3 Å². The van der Waals surface area contributed by atoms with E-state index in [0.29, 0.717) is 16.0 Å². The number of hydrogen-bond acceptors (Lipinski definition) is 4. The van der Waals surface area contributed by atoms with E-state index in [1.807, 2.05) is 0 Å². The first kappa shape index (κ1) is 13.1. The largest absolute Gasteiger partial charge is 0.381 e. The number of hydrazine groups is 1. The Balaban J connectivity index is 2.21. The van der Waals surface area contributed by atoms with Crippen LogP contribution in [0, 0.1) is 5.92 Å². The lowest BCUT2D eigenvalue weighted by Crippen LogP contribution is -2.36. The van der Waals surface area contributed by atoms with Gasteiger partial charge in [-0.25, -0.2) is 0 Å². The van der Waals surface area contributed by atoms with Crippen molar-refractivity contribution < 1.29 is 4.74 Å². The molecular weight excluding hydrogens is 261 g/mol. The minimum atomic E-state index is -0.0522. The standard InChI is InChI=1S/C11H15Cl2N3O/c12-8-5-9(13)11(15-6-8)10(16-14)7-1-3-17-4-2-7/h5-7,10,16H,1-4,14H2. The number of nitrogens with zero attached hydrogens (tertiary/aromatic N) is 1. The van der Waals surface area contributed by atoms with Gasteiger partial charge in [0.05, 0.1) is 21.8 Å². The second-order valence-electron chi connectivity index (χ2n) is 4.11. The molecule has 1 unspecified atom stereocenters. The molecule has 0 radical (unpaired) electrons. The topological polar surface area (TPSA) is 60.2 Å². The number of pyridine rings is 1. The van der Waals surface area contributed by atoms with Crippen molar-refractivity contribution in [3.8, 4) is 0 Å². The van der Waals surface area contributed by atoms with E-state index in [1.165, 1.54) is 0 Å². The van der Waals surface area contributed by atoms with Gasteiger partial charge in [0, 0.05) is 19.4 Å². The van der Waals surface area contributed by atoms with Crippen molar-refractivity contribution in [2.75, 3.05) is 13.2 Å². The number of ether oxygens (including phenoxy) is 1. The van der Waals surface area contributed by atoms with Crippen LogP contribution >= 0.6 is 23.2 Å². The molecule has 1 aromatic rings. The molecular formula is C11H15Cl2N3O. The first-order chi connectivity index (χ1) is 8.22. The highest BCUT2D eigenvalue weighted by Crippen LogP contribution is 2.32. The number of halogens is 2. The van der Waals surface area contributed by atoms with Crippen molar-refractivity contribution >= 4 is 23.2 Å². The summed E-state index contributed by atoms with van der Waals surface area (Å²) in [6.07, 6.45) is 3.50. The number of rotatable bonds is 3. The molecule has 2 heterocycles. The average molecular weight is 276 g/mol. The lowest BCUT2D eigenvalue weighted by Gasteiger charge is -2.29. The van der Waals surface area contributed by atoms with Gasteiger partial charge in [-0.3, -0.25) is 16.3 Å². The second-order valence-corrected chi connectivity index (χ2v) is 4.96. The fourth-order valence-corrected chi connectivity index (χ4v) is 2.64. The van der Waals surface area contributed by atoms with Gasteiger partial charge < -0.3 is 4.74 Å². The van der Waals surface area contributed by atoms with Crippen LogP contribution in [0.3, 0.4) is 0 Å². The van der Waals surface area contributed by atoms with Crippen LogP contribution in [0.4, 0.5) is 0 Å². The molecule has 1 aliphatic rings. The fraction of sp³-hybridized carbons (Fsp3) is 0.545. The van der Waals surface area contributed by atoms with Crippen LogP contribution in [-0.4, -0.2) is 18.2 Å². The zero-order valence-corrected chi connectivity index (χ0v) is 10.8. The van der Waals surface area contributed by atoms with Crippen molar-refractivity contribution in [3.63, 3.8) is 0 Å². The molecule has 0 aromatic carbocycles. The Morgan fingerprint density at radius 3 is 2.71 bits per heavy atom. The molecule has 6 heteroatoms. The first-order valence-corrected chi connectivity index (χ1v) is 6.32. The maximum Gasteiger partial charge on any atom is 0.0776 e. The molecule has 1 saturated heterocycles. The van der Waals surface area contributed by atoms with E-state index in [-0.39, 0.29) is 6.04 Å². The van der Waals surface area contributed by atoms with Gasteiger partial charge >= 0.3 is 0 Å². The summed E-state index contributed by atoms with van der Waals surface area (Å²) in [6, 6.07) is 1.64. The lowest BCUT2D eigenvalue weighted by atomic mass is 9.90. The van der Waals surface area contributed by atoms with Crippen molar-refractivity contribution in [1.82, 2.24) is 10.4 Å². The van der Waals surface area contributed by atoms with Gasteiger partial charge in [-0.05, 0) is 24.8 Å². The molecule has 2 rings (SSSR count). The Hall–Kier alpha value is -0.390. The SMILES string of the molecule is NNC(c1ncc(Cl)cc1Cl)C1CCOCC1. The van der Waals surface area contributed by atoms with E-state index in [2.05, 4.69) is 10.4 Å². The highest BCUT2D eigenvalue weighted by Gasteiger charge is 2.27. The lowest BCUT2D eigenvalue weighted by molar-refractivity contribution is 0.0531. The summed E-state index contributed by atoms with van der Waals surface area (Å²) >= 11 is 12.0. The quantitative estimate of drug-likeness (QED) is 0.657. The number of nitrogens with two attached hydrogens (primary N) is 1. The summed E-state index contributed by atoms with van der Waals surface area (Å²) < 4.78 is 5.34. The third kappa shape index (κ3) is 3.09. The highest BCUT2D eigenvalue weighted by atomic mass is 35.5. The van der Waals surface area contributed by atoms with Gasteiger partial charge in [-0.1, -0.05) is 23.2 Å². The van der Waals surface area contributed by atoms with Gasteiger partial charge in [-0.15, -0.1) is 0 Å². The van der Waals surface area contributed by atoms with E-state index >= 15 is 0 Å². The minimum absolute atomic E-state index is 0.0522. The third-order valence-corrected chi connectivity index (χ3v) is 3.56. The Morgan fingerprint density at radius 1 is 1.41 bits per heavy atom. The molecule has 0 saturated carbocycles. The van der Waals surface area contributed by atoms with E-state index in [4.69, 9.17) is 33.8 Å². The molecule has 1 aromatic heterocycles. The van der Waals surface area contributed by atoms with Gasteiger partial charge in [0.15, 0.2) is 0 Å². The van der Waals surface area contributed by atoms with Gasteiger partial charge in [-0.2, -0.15) is 0 Å². The summed E-state index contributed by atoms with van der Waals surface area (Å²) in [7, 11) is 0. The molecule has 94 valence electrons. The van der Waals surface area contributed by atoms with E-state index in [0.717, 1.165) is 31.7 Å².